The van der Waals surface area contributed by atoms with E-state index in [1.54, 1.807) is 6.07 Å². The quantitative estimate of drug-likeness (QED) is 0.597. The number of benzene rings is 1. The average molecular weight is 207 g/mol. The van der Waals surface area contributed by atoms with Gasteiger partial charge in [0.25, 0.3) is 0 Å². The van der Waals surface area contributed by atoms with Gasteiger partial charge < -0.3 is 5.11 Å². The topological polar surface area (TPSA) is 49.7 Å². The molecule has 1 saturated carbocycles. The van der Waals surface area contributed by atoms with Crippen LogP contribution < -0.4 is 0 Å². The van der Waals surface area contributed by atoms with E-state index in [1.165, 1.54) is 18.2 Å². The van der Waals surface area contributed by atoms with Crippen LogP contribution >= 0.6 is 0 Å². The van der Waals surface area contributed by atoms with E-state index in [4.69, 9.17) is 0 Å². The van der Waals surface area contributed by atoms with E-state index in [1.807, 2.05) is 0 Å². The monoisotopic (exact) mass is 207 g/mol. The SMILES string of the molecule is O=C=NC1(c2cccc(F)c2O)CCC1. The van der Waals surface area contributed by atoms with Gasteiger partial charge in [-0.25, -0.2) is 9.18 Å². The first kappa shape index (κ1) is 9.87. The van der Waals surface area contributed by atoms with Gasteiger partial charge in [0.1, 0.15) is 5.54 Å². The Labute approximate surface area is 86.3 Å². The average Bonchev–Trinajstić information content (AvgIpc) is 2.17. The van der Waals surface area contributed by atoms with Crippen molar-refractivity contribution in [1.29, 1.82) is 0 Å². The largest absolute Gasteiger partial charge is 0.505 e. The van der Waals surface area contributed by atoms with Crippen LogP contribution in [0.4, 0.5) is 4.39 Å². The molecule has 0 spiro atoms. The van der Waals surface area contributed by atoms with Gasteiger partial charge in [-0.05, 0) is 25.3 Å². The number of phenolic OH excluding ortho intramolecular Hbond substituents is 1. The number of carbonyl (C=O) groups excluding carboxylic acids is 1. The number of hydrogen-bond donors (Lipinski definition) is 1. The molecule has 0 aliphatic heterocycles. The predicted octanol–water partition coefficient (Wildman–Crippen LogP) is 2.25. The van der Waals surface area contributed by atoms with Crippen molar-refractivity contribution in [2.75, 3.05) is 0 Å². The van der Waals surface area contributed by atoms with Crippen LogP contribution in [0, 0.1) is 5.82 Å². The minimum atomic E-state index is -0.742. The van der Waals surface area contributed by atoms with Gasteiger partial charge in [0, 0.05) is 5.56 Å². The molecule has 1 aromatic rings. The summed E-state index contributed by atoms with van der Waals surface area (Å²) >= 11 is 0. The number of phenols is 1. The molecule has 1 fully saturated rings. The van der Waals surface area contributed by atoms with E-state index in [0.717, 1.165) is 6.42 Å². The highest BCUT2D eigenvalue weighted by molar-refractivity contribution is 5.45. The predicted molar refractivity (Wildman–Crippen MR) is 51.7 cm³/mol. The zero-order chi connectivity index (χ0) is 10.9. The summed E-state index contributed by atoms with van der Waals surface area (Å²) < 4.78 is 13.1. The molecule has 78 valence electrons. The third kappa shape index (κ3) is 1.43. The highest BCUT2D eigenvalue weighted by atomic mass is 19.1. The zero-order valence-electron chi connectivity index (χ0n) is 8.03. The Balaban J connectivity index is 2.52. The molecule has 0 bridgehead atoms. The van der Waals surface area contributed by atoms with Gasteiger partial charge in [-0.2, -0.15) is 4.99 Å². The van der Waals surface area contributed by atoms with Crippen LogP contribution in [0.25, 0.3) is 0 Å². The molecular formula is C11H10FNO2. The summed E-state index contributed by atoms with van der Waals surface area (Å²) in [5.41, 5.74) is -0.356. The second kappa shape index (κ2) is 3.48. The van der Waals surface area contributed by atoms with Crippen LogP contribution in [-0.4, -0.2) is 11.2 Å². The maximum Gasteiger partial charge on any atom is 0.235 e. The molecule has 0 heterocycles. The number of hydrogen-bond acceptors (Lipinski definition) is 3. The molecule has 0 unspecified atom stereocenters. The number of para-hydroxylation sites is 1. The molecule has 1 aromatic carbocycles. The fraction of sp³-hybridized carbons (Fsp3) is 0.364. The summed E-state index contributed by atoms with van der Waals surface area (Å²) in [5.74, 6) is -1.09. The van der Waals surface area contributed by atoms with Crippen molar-refractivity contribution in [2.24, 2.45) is 4.99 Å². The van der Waals surface area contributed by atoms with Crippen LogP contribution in [0.1, 0.15) is 24.8 Å². The molecule has 1 N–H and O–H groups in total. The lowest BCUT2D eigenvalue weighted by Gasteiger charge is -2.37. The highest BCUT2D eigenvalue weighted by Gasteiger charge is 2.41. The Morgan fingerprint density at radius 2 is 2.20 bits per heavy atom. The Hall–Kier alpha value is -1.67. The van der Waals surface area contributed by atoms with Gasteiger partial charge in [0.15, 0.2) is 11.6 Å². The standard InChI is InChI=1S/C11H10FNO2/c12-9-4-1-3-8(10(9)15)11(13-7-14)5-2-6-11/h1,3-4,15H,2,5-6H2. The first-order chi connectivity index (χ1) is 7.19. The molecule has 0 radical (unpaired) electrons. The van der Waals surface area contributed by atoms with Gasteiger partial charge >= 0.3 is 0 Å². The number of halogens is 1. The molecule has 1 aliphatic carbocycles. The number of aromatic hydroxyl groups is 1. The van der Waals surface area contributed by atoms with Crippen molar-refractivity contribution in [3.63, 3.8) is 0 Å². The summed E-state index contributed by atoms with van der Waals surface area (Å²) in [6.07, 6.45) is 3.72. The fourth-order valence-electron chi connectivity index (χ4n) is 1.93. The summed E-state index contributed by atoms with van der Waals surface area (Å²) in [4.78, 5) is 14.0. The van der Waals surface area contributed by atoms with E-state index in [2.05, 4.69) is 4.99 Å². The van der Waals surface area contributed by atoms with Crippen molar-refractivity contribution in [3.05, 3.63) is 29.6 Å². The minimum absolute atomic E-state index is 0.386. The summed E-state index contributed by atoms with van der Waals surface area (Å²) in [6, 6.07) is 4.28. The first-order valence-electron chi connectivity index (χ1n) is 4.77. The Kier molecular flexibility index (Phi) is 2.29. The maximum atomic E-state index is 13.1. The van der Waals surface area contributed by atoms with E-state index in [-0.39, 0.29) is 0 Å². The summed E-state index contributed by atoms with van der Waals surface area (Å²) in [6.45, 7) is 0. The summed E-state index contributed by atoms with van der Waals surface area (Å²) in [5, 5.41) is 9.56. The van der Waals surface area contributed by atoms with Gasteiger partial charge in [-0.15, -0.1) is 0 Å². The van der Waals surface area contributed by atoms with E-state index < -0.39 is 17.1 Å². The van der Waals surface area contributed by atoms with Crippen molar-refractivity contribution >= 4 is 6.08 Å². The van der Waals surface area contributed by atoms with Crippen LogP contribution in [0.2, 0.25) is 0 Å². The van der Waals surface area contributed by atoms with Gasteiger partial charge in [-0.3, -0.25) is 0 Å². The highest BCUT2D eigenvalue weighted by Crippen LogP contribution is 2.48. The van der Waals surface area contributed by atoms with Crippen molar-refractivity contribution in [2.45, 2.75) is 24.8 Å². The molecule has 3 nitrogen and oxygen atoms in total. The smallest absolute Gasteiger partial charge is 0.235 e. The normalized spacial score (nSPS) is 17.7. The zero-order valence-corrected chi connectivity index (χ0v) is 8.03. The molecular weight excluding hydrogens is 197 g/mol. The van der Waals surface area contributed by atoms with Crippen LogP contribution in [-0.2, 0) is 10.3 Å². The van der Waals surface area contributed by atoms with Crippen molar-refractivity contribution in [1.82, 2.24) is 0 Å². The lowest BCUT2D eigenvalue weighted by Crippen LogP contribution is -2.32. The molecule has 0 saturated heterocycles. The third-order valence-corrected chi connectivity index (χ3v) is 2.93. The maximum absolute atomic E-state index is 13.1. The minimum Gasteiger partial charge on any atom is -0.505 e. The van der Waals surface area contributed by atoms with E-state index in [0.29, 0.717) is 18.4 Å². The van der Waals surface area contributed by atoms with Gasteiger partial charge in [-0.1, -0.05) is 12.1 Å². The van der Waals surface area contributed by atoms with E-state index in [9.17, 15) is 14.3 Å². The van der Waals surface area contributed by atoms with E-state index >= 15 is 0 Å². The molecule has 4 heteroatoms. The van der Waals surface area contributed by atoms with Gasteiger partial charge in [0.05, 0.1) is 0 Å². The Morgan fingerprint density at radius 1 is 1.47 bits per heavy atom. The number of aliphatic imine (C=N–C) groups is 1. The number of rotatable bonds is 2. The molecule has 0 atom stereocenters. The summed E-state index contributed by atoms with van der Waals surface area (Å²) in [7, 11) is 0. The molecule has 1 aliphatic rings. The fourth-order valence-corrected chi connectivity index (χ4v) is 1.93. The third-order valence-electron chi connectivity index (χ3n) is 2.93. The molecule has 0 amide bonds. The molecule has 0 aromatic heterocycles. The molecule has 15 heavy (non-hydrogen) atoms. The number of isocyanates is 1. The Bertz CT molecular complexity index is 434. The first-order valence-corrected chi connectivity index (χ1v) is 4.77. The lowest BCUT2D eigenvalue weighted by atomic mass is 9.72. The van der Waals surface area contributed by atoms with Crippen LogP contribution in [0.15, 0.2) is 23.2 Å². The number of nitrogens with zero attached hydrogens (tertiary/aromatic N) is 1. The van der Waals surface area contributed by atoms with Crippen LogP contribution in [0.3, 0.4) is 0 Å². The lowest BCUT2D eigenvalue weighted by molar-refractivity contribution is 0.245. The van der Waals surface area contributed by atoms with Crippen LogP contribution in [0.5, 0.6) is 5.75 Å². The second-order valence-electron chi connectivity index (χ2n) is 3.72. The Morgan fingerprint density at radius 3 is 2.73 bits per heavy atom. The van der Waals surface area contributed by atoms with Gasteiger partial charge in [0.2, 0.25) is 6.08 Å². The van der Waals surface area contributed by atoms with Crippen molar-refractivity contribution in [3.8, 4) is 5.75 Å². The van der Waals surface area contributed by atoms with Crippen molar-refractivity contribution < 1.29 is 14.3 Å². The second-order valence-corrected chi connectivity index (χ2v) is 3.72. The molecule has 2 rings (SSSR count).